The lowest BCUT2D eigenvalue weighted by Crippen LogP contribution is -2.54. The Morgan fingerprint density at radius 3 is 2.29 bits per heavy atom. The van der Waals surface area contributed by atoms with Crippen molar-refractivity contribution in [3.63, 3.8) is 0 Å². The van der Waals surface area contributed by atoms with Crippen molar-refractivity contribution in [1.29, 1.82) is 0 Å². The van der Waals surface area contributed by atoms with Crippen molar-refractivity contribution in [2.45, 2.75) is 38.1 Å². The number of piperazine rings is 1. The van der Waals surface area contributed by atoms with Gasteiger partial charge < -0.3 is 10.2 Å². The van der Waals surface area contributed by atoms with E-state index in [0.29, 0.717) is 25.7 Å². The first kappa shape index (κ1) is 17.0. The van der Waals surface area contributed by atoms with Gasteiger partial charge in [0, 0.05) is 32.2 Å². The average Bonchev–Trinajstić information content (AvgIpc) is 3.39. The van der Waals surface area contributed by atoms with Crippen LogP contribution < -0.4 is 5.32 Å². The molecular formula is C19H27N3O2. The maximum atomic E-state index is 12.9. The number of amides is 2. The maximum Gasteiger partial charge on any atom is 0.234 e. The van der Waals surface area contributed by atoms with Gasteiger partial charge in [0.2, 0.25) is 11.8 Å². The molecule has 5 nitrogen and oxygen atoms in total. The summed E-state index contributed by atoms with van der Waals surface area (Å²) in [7, 11) is 0. The Bertz CT molecular complexity index is 588. The molecule has 0 aromatic heterocycles. The summed E-state index contributed by atoms with van der Waals surface area (Å²) in [5.74, 6) is 0.276. The Balaban J connectivity index is 1.52. The molecule has 1 heterocycles. The van der Waals surface area contributed by atoms with E-state index in [1.807, 2.05) is 49.1 Å². The Morgan fingerprint density at radius 1 is 1.08 bits per heavy atom. The molecule has 0 spiro atoms. The molecule has 0 radical (unpaired) electrons. The van der Waals surface area contributed by atoms with Gasteiger partial charge in [-0.15, -0.1) is 0 Å². The number of benzene rings is 1. The average molecular weight is 329 g/mol. The molecule has 24 heavy (non-hydrogen) atoms. The van der Waals surface area contributed by atoms with Gasteiger partial charge in [0.15, 0.2) is 0 Å². The van der Waals surface area contributed by atoms with Crippen LogP contribution in [0.5, 0.6) is 0 Å². The number of carbonyl (C=O) groups excluding carboxylic acids is 2. The number of carbonyl (C=O) groups is 2. The molecule has 2 aliphatic rings. The van der Waals surface area contributed by atoms with Crippen LogP contribution >= 0.6 is 0 Å². The minimum Gasteiger partial charge on any atom is -0.352 e. The van der Waals surface area contributed by atoms with Crippen LogP contribution in [0.2, 0.25) is 0 Å². The van der Waals surface area contributed by atoms with Gasteiger partial charge in [0.1, 0.15) is 0 Å². The second-order valence-corrected chi connectivity index (χ2v) is 7.40. The molecule has 1 aromatic carbocycles. The Labute approximate surface area is 144 Å². The largest absolute Gasteiger partial charge is 0.352 e. The first-order chi connectivity index (χ1) is 11.5. The second kappa shape index (κ2) is 6.93. The maximum absolute atomic E-state index is 12.9. The van der Waals surface area contributed by atoms with Gasteiger partial charge in [-0.05, 0) is 32.3 Å². The van der Waals surface area contributed by atoms with Crippen LogP contribution in [-0.4, -0.2) is 60.4 Å². The lowest BCUT2D eigenvalue weighted by Gasteiger charge is -2.38. The van der Waals surface area contributed by atoms with Crippen LogP contribution in [0.15, 0.2) is 30.3 Å². The quantitative estimate of drug-likeness (QED) is 0.888. The van der Waals surface area contributed by atoms with E-state index in [2.05, 4.69) is 10.2 Å². The molecule has 2 amide bonds. The zero-order chi connectivity index (χ0) is 17.2. The van der Waals surface area contributed by atoms with E-state index in [9.17, 15) is 9.59 Å². The molecule has 1 aliphatic heterocycles. The van der Waals surface area contributed by atoms with Crippen LogP contribution in [0, 0.1) is 0 Å². The summed E-state index contributed by atoms with van der Waals surface area (Å²) in [5.41, 5.74) is 0.522. The van der Waals surface area contributed by atoms with Crippen LogP contribution in [0.4, 0.5) is 0 Å². The second-order valence-electron chi connectivity index (χ2n) is 7.40. The zero-order valence-corrected chi connectivity index (χ0v) is 14.6. The molecule has 1 aromatic rings. The lowest BCUT2D eigenvalue weighted by molar-refractivity contribution is -0.138. The number of nitrogens with zero attached hydrogens (tertiary/aromatic N) is 2. The Morgan fingerprint density at radius 2 is 1.71 bits per heavy atom. The third-order valence-corrected chi connectivity index (χ3v) is 5.00. The highest BCUT2D eigenvalue weighted by Gasteiger charge is 2.35. The van der Waals surface area contributed by atoms with Crippen molar-refractivity contribution in [3.05, 3.63) is 35.9 Å². The predicted octanol–water partition coefficient (Wildman–Crippen LogP) is 1.39. The summed E-state index contributed by atoms with van der Waals surface area (Å²) in [6, 6.07) is 10.3. The van der Waals surface area contributed by atoms with Gasteiger partial charge in [-0.25, -0.2) is 0 Å². The standard InChI is InChI=1S/C19H27N3O2/c1-19(2,15-6-4-3-5-7-15)18(24)22-12-10-21(11-13-22)14-17(23)20-16-8-9-16/h3-7,16H,8-14H2,1-2H3,(H,20,23). The first-order valence-corrected chi connectivity index (χ1v) is 8.83. The summed E-state index contributed by atoms with van der Waals surface area (Å²) in [4.78, 5) is 28.9. The minimum atomic E-state index is -0.521. The zero-order valence-electron chi connectivity index (χ0n) is 14.6. The van der Waals surface area contributed by atoms with Crippen molar-refractivity contribution >= 4 is 11.8 Å². The molecule has 1 saturated carbocycles. The molecule has 2 fully saturated rings. The molecule has 5 heteroatoms. The monoisotopic (exact) mass is 329 g/mol. The topological polar surface area (TPSA) is 52.7 Å². The summed E-state index contributed by atoms with van der Waals surface area (Å²) >= 11 is 0. The lowest BCUT2D eigenvalue weighted by atomic mass is 9.83. The van der Waals surface area contributed by atoms with Gasteiger partial charge in [-0.3, -0.25) is 14.5 Å². The third-order valence-electron chi connectivity index (χ3n) is 5.00. The summed E-state index contributed by atoms with van der Waals surface area (Å²) in [5, 5.41) is 3.02. The molecule has 1 saturated heterocycles. The number of hydrogen-bond acceptors (Lipinski definition) is 3. The molecule has 0 unspecified atom stereocenters. The normalized spacial score (nSPS) is 19.2. The SMILES string of the molecule is CC(C)(C(=O)N1CCN(CC(=O)NC2CC2)CC1)c1ccccc1. The smallest absolute Gasteiger partial charge is 0.234 e. The first-order valence-electron chi connectivity index (χ1n) is 8.83. The van der Waals surface area contributed by atoms with E-state index >= 15 is 0 Å². The molecule has 0 atom stereocenters. The molecule has 1 aliphatic carbocycles. The van der Waals surface area contributed by atoms with E-state index in [-0.39, 0.29) is 11.8 Å². The van der Waals surface area contributed by atoms with E-state index in [4.69, 9.17) is 0 Å². The fourth-order valence-corrected chi connectivity index (χ4v) is 3.19. The molecule has 1 N–H and O–H groups in total. The van der Waals surface area contributed by atoms with Crippen LogP contribution in [-0.2, 0) is 15.0 Å². The van der Waals surface area contributed by atoms with Crippen LogP contribution in [0.1, 0.15) is 32.3 Å². The molecule has 130 valence electrons. The van der Waals surface area contributed by atoms with Crippen molar-refractivity contribution in [2.75, 3.05) is 32.7 Å². The van der Waals surface area contributed by atoms with Crippen molar-refractivity contribution < 1.29 is 9.59 Å². The highest BCUT2D eigenvalue weighted by molar-refractivity contribution is 5.87. The van der Waals surface area contributed by atoms with Crippen LogP contribution in [0.3, 0.4) is 0 Å². The Kier molecular flexibility index (Phi) is 4.90. The van der Waals surface area contributed by atoms with Crippen molar-refractivity contribution in [1.82, 2.24) is 15.1 Å². The van der Waals surface area contributed by atoms with Gasteiger partial charge in [-0.1, -0.05) is 30.3 Å². The van der Waals surface area contributed by atoms with Crippen LogP contribution in [0.25, 0.3) is 0 Å². The third kappa shape index (κ3) is 3.96. The van der Waals surface area contributed by atoms with E-state index in [0.717, 1.165) is 31.5 Å². The highest BCUT2D eigenvalue weighted by atomic mass is 16.2. The molecule has 0 bridgehead atoms. The molecular weight excluding hydrogens is 302 g/mol. The van der Waals surface area contributed by atoms with Gasteiger partial charge >= 0.3 is 0 Å². The number of hydrogen-bond donors (Lipinski definition) is 1. The van der Waals surface area contributed by atoms with Gasteiger partial charge in [-0.2, -0.15) is 0 Å². The number of rotatable bonds is 5. The van der Waals surface area contributed by atoms with E-state index in [1.165, 1.54) is 0 Å². The van der Waals surface area contributed by atoms with Crippen molar-refractivity contribution in [2.24, 2.45) is 0 Å². The Hall–Kier alpha value is -1.88. The van der Waals surface area contributed by atoms with Gasteiger partial charge in [0.05, 0.1) is 12.0 Å². The van der Waals surface area contributed by atoms with E-state index in [1.54, 1.807) is 0 Å². The summed E-state index contributed by atoms with van der Waals surface area (Å²) in [6.45, 7) is 7.31. The van der Waals surface area contributed by atoms with E-state index < -0.39 is 5.41 Å². The summed E-state index contributed by atoms with van der Waals surface area (Å²) < 4.78 is 0. The molecule has 3 rings (SSSR count). The fraction of sp³-hybridized carbons (Fsp3) is 0.579. The summed E-state index contributed by atoms with van der Waals surface area (Å²) in [6.07, 6.45) is 2.23. The minimum absolute atomic E-state index is 0.113. The fourth-order valence-electron chi connectivity index (χ4n) is 3.19. The van der Waals surface area contributed by atoms with Gasteiger partial charge in [0.25, 0.3) is 0 Å². The highest BCUT2D eigenvalue weighted by Crippen LogP contribution is 2.26. The van der Waals surface area contributed by atoms with Crippen molar-refractivity contribution in [3.8, 4) is 0 Å². The number of nitrogens with one attached hydrogen (secondary N) is 1. The predicted molar refractivity (Wildman–Crippen MR) is 93.7 cm³/mol.